The number of aromatic nitrogens is 4. The molecule has 1 aliphatic rings. The lowest BCUT2D eigenvalue weighted by molar-refractivity contribution is 0.0668. The van der Waals surface area contributed by atoms with E-state index in [1.807, 2.05) is 24.2 Å². The maximum atomic E-state index is 12.6. The summed E-state index contributed by atoms with van der Waals surface area (Å²) in [7, 11) is 2.03. The number of aryl methyl sites for hydroxylation is 1. The van der Waals surface area contributed by atoms with Crippen molar-refractivity contribution in [1.82, 2.24) is 24.9 Å². The van der Waals surface area contributed by atoms with E-state index in [2.05, 4.69) is 26.0 Å². The highest BCUT2D eigenvalue weighted by Gasteiger charge is 2.29. The summed E-state index contributed by atoms with van der Waals surface area (Å²) in [4.78, 5) is 14.6. The molecule has 106 valence electrons. The van der Waals surface area contributed by atoms with Crippen molar-refractivity contribution in [3.8, 4) is 0 Å². The molecule has 0 spiro atoms. The topological polar surface area (TPSA) is 66.8 Å². The Morgan fingerprint density at radius 1 is 1.40 bits per heavy atom. The third-order valence-corrected chi connectivity index (χ3v) is 3.97. The fourth-order valence-electron chi connectivity index (χ4n) is 2.93. The molecule has 6 nitrogen and oxygen atoms in total. The van der Waals surface area contributed by atoms with E-state index in [1.165, 1.54) is 18.3 Å². The van der Waals surface area contributed by atoms with Crippen LogP contribution in [0.5, 0.6) is 0 Å². The lowest BCUT2D eigenvalue weighted by Gasteiger charge is -2.30. The van der Waals surface area contributed by atoms with Crippen LogP contribution in [0.3, 0.4) is 0 Å². The zero-order valence-corrected chi connectivity index (χ0v) is 11.6. The van der Waals surface area contributed by atoms with Gasteiger partial charge >= 0.3 is 0 Å². The van der Waals surface area contributed by atoms with Gasteiger partial charge in [0, 0.05) is 25.5 Å². The van der Waals surface area contributed by atoms with Crippen LogP contribution in [0.1, 0.15) is 47.9 Å². The first kappa shape index (κ1) is 12.9. The van der Waals surface area contributed by atoms with Gasteiger partial charge in [0.25, 0.3) is 5.91 Å². The number of carbonyl (C=O) groups excluding carboxylic acids is 1. The zero-order valence-electron chi connectivity index (χ0n) is 11.6. The van der Waals surface area contributed by atoms with Crippen LogP contribution in [-0.4, -0.2) is 37.3 Å². The van der Waals surface area contributed by atoms with E-state index in [-0.39, 0.29) is 11.9 Å². The molecule has 1 fully saturated rings. The van der Waals surface area contributed by atoms with Gasteiger partial charge in [0.1, 0.15) is 0 Å². The van der Waals surface area contributed by atoms with Gasteiger partial charge in [0.15, 0.2) is 5.69 Å². The number of hydrogen-bond donors (Lipinski definition) is 1. The molecule has 1 amide bonds. The molecular formula is C14H19N5O. The molecule has 2 aromatic rings. The van der Waals surface area contributed by atoms with E-state index >= 15 is 0 Å². The second kappa shape index (κ2) is 5.48. The second-order valence-electron chi connectivity index (χ2n) is 5.26. The molecule has 1 N–H and O–H groups in total. The predicted molar refractivity (Wildman–Crippen MR) is 74.0 cm³/mol. The van der Waals surface area contributed by atoms with Gasteiger partial charge in [-0.05, 0) is 25.0 Å². The third kappa shape index (κ3) is 2.33. The van der Waals surface area contributed by atoms with Gasteiger partial charge in [-0.25, -0.2) is 0 Å². The minimum Gasteiger partial charge on any atom is -0.353 e. The lowest BCUT2D eigenvalue weighted by atomic mass is 10.1. The summed E-state index contributed by atoms with van der Waals surface area (Å²) in [6, 6.07) is 4.25. The maximum Gasteiger partial charge on any atom is 0.276 e. The first-order valence-electron chi connectivity index (χ1n) is 7.05. The molecule has 0 saturated carbocycles. The van der Waals surface area contributed by atoms with Crippen molar-refractivity contribution in [2.24, 2.45) is 7.05 Å². The van der Waals surface area contributed by atoms with Gasteiger partial charge in [-0.1, -0.05) is 12.8 Å². The van der Waals surface area contributed by atoms with Gasteiger partial charge in [-0.15, -0.1) is 0 Å². The van der Waals surface area contributed by atoms with Crippen molar-refractivity contribution in [1.29, 1.82) is 0 Å². The molecule has 0 aliphatic carbocycles. The van der Waals surface area contributed by atoms with Crippen molar-refractivity contribution in [2.45, 2.75) is 31.7 Å². The number of nitrogens with one attached hydrogen (secondary N) is 1. The van der Waals surface area contributed by atoms with Crippen molar-refractivity contribution in [3.63, 3.8) is 0 Å². The smallest absolute Gasteiger partial charge is 0.276 e. The van der Waals surface area contributed by atoms with Crippen LogP contribution in [-0.2, 0) is 7.05 Å². The van der Waals surface area contributed by atoms with Crippen molar-refractivity contribution in [2.75, 3.05) is 6.54 Å². The van der Waals surface area contributed by atoms with Crippen LogP contribution in [0, 0.1) is 0 Å². The number of carbonyl (C=O) groups is 1. The third-order valence-electron chi connectivity index (χ3n) is 3.97. The molecule has 1 saturated heterocycles. The Morgan fingerprint density at radius 3 is 3.00 bits per heavy atom. The largest absolute Gasteiger partial charge is 0.353 e. The molecule has 20 heavy (non-hydrogen) atoms. The highest BCUT2D eigenvalue weighted by Crippen LogP contribution is 2.31. The Balaban J connectivity index is 1.92. The Bertz CT molecular complexity index is 574. The van der Waals surface area contributed by atoms with Gasteiger partial charge in [-0.2, -0.15) is 15.4 Å². The number of hydrogen-bond acceptors (Lipinski definition) is 3. The molecule has 3 rings (SSSR count). The van der Waals surface area contributed by atoms with Crippen LogP contribution >= 0.6 is 0 Å². The van der Waals surface area contributed by atoms with E-state index in [0.717, 1.165) is 25.8 Å². The fraction of sp³-hybridized carbons (Fsp3) is 0.500. The maximum absolute atomic E-state index is 12.6. The summed E-state index contributed by atoms with van der Waals surface area (Å²) in [5.74, 6) is -0.0353. The molecule has 0 radical (unpaired) electrons. The Labute approximate surface area is 117 Å². The number of nitrogens with zero attached hydrogens (tertiary/aromatic N) is 4. The molecule has 1 aliphatic heterocycles. The van der Waals surface area contributed by atoms with Crippen LogP contribution in [0.15, 0.2) is 24.5 Å². The minimum atomic E-state index is -0.0353. The fourth-order valence-corrected chi connectivity index (χ4v) is 2.93. The quantitative estimate of drug-likeness (QED) is 0.908. The minimum absolute atomic E-state index is 0.0353. The highest BCUT2D eigenvalue weighted by molar-refractivity contribution is 5.92. The molecule has 1 unspecified atom stereocenters. The predicted octanol–water partition coefficient (Wildman–Crippen LogP) is 1.90. The molecule has 6 heteroatoms. The van der Waals surface area contributed by atoms with E-state index in [1.54, 1.807) is 0 Å². The SMILES string of the molecule is Cn1cccc1C1CCCCCN1C(=O)c1cn[nH]n1. The van der Waals surface area contributed by atoms with Crippen LogP contribution in [0.2, 0.25) is 0 Å². The van der Waals surface area contributed by atoms with Crippen molar-refractivity contribution < 1.29 is 4.79 Å². The zero-order chi connectivity index (χ0) is 13.9. The summed E-state index contributed by atoms with van der Waals surface area (Å²) in [6.45, 7) is 0.779. The molecular weight excluding hydrogens is 254 g/mol. The molecule has 0 aromatic carbocycles. The Hall–Kier alpha value is -2.11. The lowest BCUT2D eigenvalue weighted by Crippen LogP contribution is -2.35. The van der Waals surface area contributed by atoms with E-state index in [9.17, 15) is 4.79 Å². The summed E-state index contributed by atoms with van der Waals surface area (Å²) >= 11 is 0. The van der Waals surface area contributed by atoms with Crippen molar-refractivity contribution >= 4 is 5.91 Å². The Morgan fingerprint density at radius 2 is 2.30 bits per heavy atom. The highest BCUT2D eigenvalue weighted by atomic mass is 16.2. The van der Waals surface area contributed by atoms with Gasteiger partial charge in [-0.3, -0.25) is 4.79 Å². The number of H-pyrrole nitrogens is 1. The van der Waals surface area contributed by atoms with E-state index in [0.29, 0.717) is 5.69 Å². The summed E-state index contributed by atoms with van der Waals surface area (Å²) < 4.78 is 2.10. The number of amides is 1. The molecule has 0 bridgehead atoms. The van der Waals surface area contributed by atoms with Gasteiger partial charge < -0.3 is 9.47 Å². The monoisotopic (exact) mass is 273 g/mol. The number of aromatic amines is 1. The molecule has 2 aromatic heterocycles. The molecule has 1 atom stereocenters. The van der Waals surface area contributed by atoms with Crippen molar-refractivity contribution in [3.05, 3.63) is 35.9 Å². The Kier molecular flexibility index (Phi) is 3.54. The second-order valence-corrected chi connectivity index (χ2v) is 5.26. The molecule has 3 heterocycles. The number of rotatable bonds is 2. The first-order chi connectivity index (χ1) is 9.77. The van der Waals surface area contributed by atoms with Crippen LogP contribution in [0.4, 0.5) is 0 Å². The normalized spacial score (nSPS) is 19.9. The summed E-state index contributed by atoms with van der Waals surface area (Å²) in [5, 5.41) is 10.2. The van der Waals surface area contributed by atoms with Gasteiger partial charge in [0.05, 0.1) is 12.2 Å². The van der Waals surface area contributed by atoms with E-state index < -0.39 is 0 Å². The summed E-state index contributed by atoms with van der Waals surface area (Å²) in [5.41, 5.74) is 1.58. The van der Waals surface area contributed by atoms with Crippen LogP contribution < -0.4 is 0 Å². The van der Waals surface area contributed by atoms with Gasteiger partial charge in [0.2, 0.25) is 0 Å². The average molecular weight is 273 g/mol. The van der Waals surface area contributed by atoms with Crippen LogP contribution in [0.25, 0.3) is 0 Å². The first-order valence-corrected chi connectivity index (χ1v) is 7.05. The number of likely N-dealkylation sites (tertiary alicyclic amines) is 1. The standard InChI is InChI=1S/C14H19N5O/c1-18-8-5-7-12(18)13-6-3-2-4-9-19(13)14(20)11-10-15-17-16-11/h5,7-8,10,13H,2-4,6,9H2,1H3,(H,15,16,17). The average Bonchev–Trinajstić information content (AvgIpc) is 3.05. The summed E-state index contributed by atoms with van der Waals surface area (Å²) in [6.07, 6.45) is 7.89. The van der Waals surface area contributed by atoms with E-state index in [4.69, 9.17) is 0 Å².